The number of likely N-dealkylation sites (N-methyl/N-ethyl adjacent to an activating group) is 1. The fraction of sp³-hybridized carbons (Fsp3) is 0.154. The molecule has 1 amide bonds. The van der Waals surface area contributed by atoms with Crippen molar-refractivity contribution in [3.63, 3.8) is 0 Å². The summed E-state index contributed by atoms with van der Waals surface area (Å²) in [4.78, 5) is 19.8. The van der Waals surface area contributed by atoms with Gasteiger partial charge >= 0.3 is 0 Å². The largest absolute Gasteiger partial charge is 0.497 e. The number of carbonyl (C=O) groups is 1. The molecule has 3 aromatic carbocycles. The van der Waals surface area contributed by atoms with E-state index < -0.39 is 0 Å². The second-order valence-corrected chi connectivity index (χ2v) is 8.25. The first-order valence-corrected chi connectivity index (χ1v) is 11.3. The molecule has 0 aliphatic carbocycles. The van der Waals surface area contributed by atoms with Gasteiger partial charge in [-0.1, -0.05) is 24.3 Å². The van der Waals surface area contributed by atoms with Crippen molar-refractivity contribution in [3.05, 3.63) is 94.6 Å². The van der Waals surface area contributed by atoms with Crippen LogP contribution >= 0.6 is 11.8 Å². The number of hydrogen-bond donors (Lipinski definition) is 0. The summed E-state index contributed by atoms with van der Waals surface area (Å²) in [5.74, 6) is 1.12. The Balaban J connectivity index is 1.45. The van der Waals surface area contributed by atoms with E-state index in [4.69, 9.17) is 9.47 Å². The lowest BCUT2D eigenvalue weighted by Crippen LogP contribution is -2.28. The minimum atomic E-state index is -0.269. The molecule has 0 spiro atoms. The Morgan fingerprint density at radius 1 is 0.970 bits per heavy atom. The number of rotatable bonds is 7. The van der Waals surface area contributed by atoms with E-state index in [2.05, 4.69) is 4.99 Å². The number of ether oxygens (including phenoxy) is 2. The summed E-state index contributed by atoms with van der Waals surface area (Å²) < 4.78 is 24.0. The van der Waals surface area contributed by atoms with E-state index >= 15 is 0 Å². The van der Waals surface area contributed by atoms with E-state index in [-0.39, 0.29) is 11.7 Å². The molecule has 0 radical (unpaired) electrons. The summed E-state index contributed by atoms with van der Waals surface area (Å²) in [7, 11) is 1.62. The highest BCUT2D eigenvalue weighted by molar-refractivity contribution is 8.18. The van der Waals surface area contributed by atoms with Gasteiger partial charge in [-0.15, -0.1) is 0 Å². The van der Waals surface area contributed by atoms with Crippen molar-refractivity contribution in [1.82, 2.24) is 4.90 Å². The van der Waals surface area contributed by atoms with Gasteiger partial charge in [0.1, 0.15) is 23.9 Å². The van der Waals surface area contributed by atoms with Crippen molar-refractivity contribution in [3.8, 4) is 11.5 Å². The third-order valence-corrected chi connectivity index (χ3v) is 6.00. The molecule has 0 saturated carbocycles. The molecule has 0 aromatic heterocycles. The Hall–Kier alpha value is -3.58. The topological polar surface area (TPSA) is 51.1 Å². The van der Waals surface area contributed by atoms with Crippen molar-refractivity contribution in [2.75, 3.05) is 13.7 Å². The Labute approximate surface area is 196 Å². The zero-order valence-electron chi connectivity index (χ0n) is 18.3. The number of amides is 1. The van der Waals surface area contributed by atoms with Gasteiger partial charge in [-0.25, -0.2) is 9.38 Å². The molecule has 0 bridgehead atoms. The average Bonchev–Trinajstić information content (AvgIpc) is 3.13. The highest BCUT2D eigenvalue weighted by Gasteiger charge is 2.32. The molecule has 1 fully saturated rings. The van der Waals surface area contributed by atoms with Crippen LogP contribution in [0.3, 0.4) is 0 Å². The van der Waals surface area contributed by atoms with E-state index in [1.165, 1.54) is 23.9 Å². The summed E-state index contributed by atoms with van der Waals surface area (Å²) >= 11 is 1.36. The third-order valence-electron chi connectivity index (χ3n) is 5.00. The standard InChI is InChI=1S/C26H23FN2O3S/c1-3-29-25(30)24(33-26(29)28-21-10-14-22(31-2)15-11-21)16-18-6-12-23(13-7-18)32-17-19-4-8-20(27)9-5-19/h4-16H,3,17H2,1-2H3/b24-16+,28-26?. The van der Waals surface area contributed by atoms with Crippen molar-refractivity contribution < 1.29 is 18.7 Å². The van der Waals surface area contributed by atoms with Crippen LogP contribution < -0.4 is 9.47 Å². The molecule has 168 valence electrons. The van der Waals surface area contributed by atoms with E-state index in [1.807, 2.05) is 61.5 Å². The normalized spacial score (nSPS) is 16.0. The Bertz CT molecular complexity index is 1170. The van der Waals surface area contributed by atoms with Gasteiger partial charge in [0.05, 0.1) is 17.7 Å². The van der Waals surface area contributed by atoms with Crippen LogP contribution in [-0.2, 0) is 11.4 Å². The molecular formula is C26H23FN2O3S. The number of aliphatic imine (C=N–C) groups is 1. The molecule has 33 heavy (non-hydrogen) atoms. The predicted octanol–water partition coefficient (Wildman–Crippen LogP) is 6.04. The second kappa shape index (κ2) is 10.4. The first-order chi connectivity index (χ1) is 16.1. The van der Waals surface area contributed by atoms with Gasteiger partial charge in [0.2, 0.25) is 0 Å². The van der Waals surface area contributed by atoms with Gasteiger partial charge < -0.3 is 9.47 Å². The van der Waals surface area contributed by atoms with Crippen LogP contribution in [0.5, 0.6) is 11.5 Å². The summed E-state index contributed by atoms with van der Waals surface area (Å²) in [6.07, 6.45) is 1.86. The minimum Gasteiger partial charge on any atom is -0.497 e. The van der Waals surface area contributed by atoms with Crippen LogP contribution in [0.25, 0.3) is 6.08 Å². The quantitative estimate of drug-likeness (QED) is 0.402. The molecule has 0 N–H and O–H groups in total. The third kappa shape index (κ3) is 5.62. The zero-order valence-corrected chi connectivity index (χ0v) is 19.1. The molecule has 1 aliphatic heterocycles. The first-order valence-electron chi connectivity index (χ1n) is 10.5. The lowest BCUT2D eigenvalue weighted by atomic mass is 10.2. The molecule has 1 heterocycles. The van der Waals surface area contributed by atoms with Crippen molar-refractivity contribution in [1.29, 1.82) is 0 Å². The van der Waals surface area contributed by atoms with Gasteiger partial charge in [-0.2, -0.15) is 0 Å². The SMILES string of the molecule is CCN1C(=O)/C(=C\c2ccc(OCc3ccc(F)cc3)cc2)SC1=Nc1ccc(OC)cc1. The summed E-state index contributed by atoms with van der Waals surface area (Å²) in [6.45, 7) is 2.82. The molecule has 7 heteroatoms. The van der Waals surface area contributed by atoms with E-state index in [1.54, 1.807) is 24.1 Å². The van der Waals surface area contributed by atoms with Gasteiger partial charge in [-0.3, -0.25) is 9.69 Å². The molecule has 4 rings (SSSR count). The number of carbonyl (C=O) groups excluding carboxylic acids is 1. The Kier molecular flexibility index (Phi) is 7.10. The molecule has 0 atom stereocenters. The minimum absolute atomic E-state index is 0.0635. The maximum Gasteiger partial charge on any atom is 0.266 e. The van der Waals surface area contributed by atoms with Crippen LogP contribution in [0.1, 0.15) is 18.1 Å². The number of nitrogens with zero attached hydrogens (tertiary/aromatic N) is 2. The number of halogens is 1. The van der Waals surface area contributed by atoms with Crippen molar-refractivity contribution >= 4 is 34.6 Å². The monoisotopic (exact) mass is 462 g/mol. The van der Waals surface area contributed by atoms with Crippen LogP contribution in [0.2, 0.25) is 0 Å². The lowest BCUT2D eigenvalue weighted by Gasteiger charge is -2.12. The predicted molar refractivity (Wildman–Crippen MR) is 130 cm³/mol. The van der Waals surface area contributed by atoms with Crippen molar-refractivity contribution in [2.45, 2.75) is 13.5 Å². The molecule has 1 saturated heterocycles. The molecular weight excluding hydrogens is 439 g/mol. The molecule has 0 unspecified atom stereocenters. The van der Waals surface area contributed by atoms with Crippen molar-refractivity contribution in [2.24, 2.45) is 4.99 Å². The highest BCUT2D eigenvalue weighted by atomic mass is 32.2. The summed E-state index contributed by atoms with van der Waals surface area (Å²) in [5.41, 5.74) is 2.54. The number of methoxy groups -OCH3 is 1. The number of thioether (sulfide) groups is 1. The summed E-state index contributed by atoms with van der Waals surface area (Å²) in [6, 6.07) is 21.1. The molecule has 1 aliphatic rings. The number of amidine groups is 1. The highest BCUT2D eigenvalue weighted by Crippen LogP contribution is 2.34. The van der Waals surface area contributed by atoms with E-state index in [9.17, 15) is 9.18 Å². The van der Waals surface area contributed by atoms with Crippen LogP contribution in [-0.4, -0.2) is 29.6 Å². The fourth-order valence-electron chi connectivity index (χ4n) is 3.20. The van der Waals surface area contributed by atoms with Gasteiger partial charge in [0.25, 0.3) is 5.91 Å². The molecule has 3 aromatic rings. The van der Waals surface area contributed by atoms with Gasteiger partial charge in [0.15, 0.2) is 5.17 Å². The van der Waals surface area contributed by atoms with Crippen LogP contribution in [0, 0.1) is 5.82 Å². The Morgan fingerprint density at radius 2 is 1.64 bits per heavy atom. The second-order valence-electron chi connectivity index (χ2n) is 7.24. The number of hydrogen-bond acceptors (Lipinski definition) is 5. The van der Waals surface area contributed by atoms with Crippen LogP contribution in [0.15, 0.2) is 82.7 Å². The lowest BCUT2D eigenvalue weighted by molar-refractivity contribution is -0.122. The molecule has 5 nitrogen and oxygen atoms in total. The maximum atomic E-state index is 13.0. The van der Waals surface area contributed by atoms with Crippen LogP contribution in [0.4, 0.5) is 10.1 Å². The smallest absolute Gasteiger partial charge is 0.266 e. The van der Waals surface area contributed by atoms with Gasteiger partial charge in [0, 0.05) is 6.54 Å². The first kappa shape index (κ1) is 22.6. The van der Waals surface area contributed by atoms with Gasteiger partial charge in [-0.05, 0) is 84.4 Å². The average molecular weight is 463 g/mol. The Morgan fingerprint density at radius 3 is 2.27 bits per heavy atom. The van der Waals surface area contributed by atoms with E-state index in [0.29, 0.717) is 29.0 Å². The number of benzene rings is 3. The maximum absolute atomic E-state index is 13.0. The zero-order chi connectivity index (χ0) is 23.2. The fourth-order valence-corrected chi connectivity index (χ4v) is 4.26. The summed E-state index contributed by atoms with van der Waals surface area (Å²) in [5, 5.41) is 0.651. The van der Waals surface area contributed by atoms with E-state index in [0.717, 1.165) is 22.6 Å².